The first-order valence-corrected chi connectivity index (χ1v) is 11.0. The minimum absolute atomic E-state index is 0.0651. The van der Waals surface area contributed by atoms with Gasteiger partial charge >= 0.3 is 5.97 Å². The van der Waals surface area contributed by atoms with Crippen molar-refractivity contribution in [1.82, 2.24) is 25.5 Å². The van der Waals surface area contributed by atoms with Gasteiger partial charge in [0.05, 0.1) is 29.7 Å². The normalized spacial score (nSPS) is 17.3. The number of carboxylic acid groups (broad SMARTS) is 1. The van der Waals surface area contributed by atoms with Crippen molar-refractivity contribution in [2.24, 2.45) is 5.92 Å². The summed E-state index contributed by atoms with van der Waals surface area (Å²) in [4.78, 5) is 70.8. The van der Waals surface area contributed by atoms with Crippen LogP contribution in [-0.4, -0.2) is 74.6 Å². The molecule has 0 aliphatic carbocycles. The number of benzene rings is 1. The summed E-state index contributed by atoms with van der Waals surface area (Å²) in [5.41, 5.74) is 1.25. The predicted molar refractivity (Wildman–Crippen MR) is 121 cm³/mol. The number of aliphatic carboxylic acids is 1. The van der Waals surface area contributed by atoms with Gasteiger partial charge in [-0.05, 0) is 30.9 Å². The molecule has 34 heavy (non-hydrogen) atoms. The van der Waals surface area contributed by atoms with Crippen molar-refractivity contribution in [2.45, 2.75) is 51.2 Å². The van der Waals surface area contributed by atoms with Gasteiger partial charge in [0, 0.05) is 6.54 Å². The summed E-state index contributed by atoms with van der Waals surface area (Å²) in [6.45, 7) is 3.85. The summed E-state index contributed by atoms with van der Waals surface area (Å²) in [5, 5.41) is 14.0. The number of aldehydes is 1. The van der Waals surface area contributed by atoms with Crippen LogP contribution in [0.5, 0.6) is 0 Å². The maximum Gasteiger partial charge on any atom is 0.305 e. The Kier molecular flexibility index (Phi) is 7.87. The van der Waals surface area contributed by atoms with Gasteiger partial charge < -0.3 is 25.4 Å². The fourth-order valence-corrected chi connectivity index (χ4v) is 3.88. The second-order valence-corrected chi connectivity index (χ2v) is 8.48. The van der Waals surface area contributed by atoms with E-state index in [0.717, 1.165) is 0 Å². The monoisotopic (exact) mass is 469 g/mol. The third-order valence-corrected chi connectivity index (χ3v) is 5.63. The van der Waals surface area contributed by atoms with Crippen LogP contribution in [0.3, 0.4) is 0 Å². The minimum Gasteiger partial charge on any atom is -0.481 e. The molecule has 3 N–H and O–H groups in total. The van der Waals surface area contributed by atoms with Crippen LogP contribution in [0.1, 0.15) is 43.6 Å². The highest BCUT2D eigenvalue weighted by atomic mass is 16.4. The van der Waals surface area contributed by atoms with Gasteiger partial charge in [0.25, 0.3) is 5.91 Å². The largest absolute Gasteiger partial charge is 0.481 e. The molecule has 2 heterocycles. The molecule has 11 heteroatoms. The van der Waals surface area contributed by atoms with E-state index in [2.05, 4.69) is 20.6 Å². The average molecular weight is 469 g/mol. The second kappa shape index (κ2) is 10.8. The van der Waals surface area contributed by atoms with Crippen LogP contribution in [0.25, 0.3) is 11.0 Å². The molecule has 0 spiro atoms. The van der Waals surface area contributed by atoms with Crippen molar-refractivity contribution in [3.8, 4) is 0 Å². The highest BCUT2D eigenvalue weighted by molar-refractivity contribution is 5.98. The molecular weight excluding hydrogens is 442 g/mol. The predicted octanol–water partition coefficient (Wildman–Crippen LogP) is 0.534. The Morgan fingerprint density at radius 3 is 2.53 bits per heavy atom. The molecule has 1 fully saturated rings. The molecule has 3 rings (SSSR count). The van der Waals surface area contributed by atoms with Crippen molar-refractivity contribution >= 4 is 41.0 Å². The average Bonchev–Trinajstić information content (AvgIpc) is 3.31. The standard InChI is InChI=1S/C23H27N5O6/c1-13(2)20(27-21(32)17-11-24-15-6-3-4-7-16(15)26-17)23(34)28-9-5-8-18(28)22(33)25-14(12-29)10-19(30)31/h3-4,6-7,11-14,18,20H,5,8-10H2,1-2H3,(H,25,33)(H,27,32)(H,30,31)/t14-,18-,20-/m0/s1. The van der Waals surface area contributed by atoms with E-state index in [1.165, 1.54) is 11.1 Å². The number of nitrogens with one attached hydrogen (secondary N) is 2. The highest BCUT2D eigenvalue weighted by Crippen LogP contribution is 2.21. The van der Waals surface area contributed by atoms with E-state index >= 15 is 0 Å². The maximum atomic E-state index is 13.3. The number of aromatic nitrogens is 2. The van der Waals surface area contributed by atoms with Crippen molar-refractivity contribution < 1.29 is 29.1 Å². The number of carboxylic acids is 1. The van der Waals surface area contributed by atoms with Gasteiger partial charge in [-0.25, -0.2) is 4.98 Å². The zero-order chi connectivity index (χ0) is 24.8. The van der Waals surface area contributed by atoms with Crippen LogP contribution in [-0.2, 0) is 19.2 Å². The zero-order valence-electron chi connectivity index (χ0n) is 18.9. The maximum absolute atomic E-state index is 13.3. The number of hydrogen-bond donors (Lipinski definition) is 3. The molecule has 0 radical (unpaired) electrons. The van der Waals surface area contributed by atoms with Gasteiger partial charge in [-0.3, -0.25) is 24.2 Å². The number of para-hydroxylation sites is 2. The number of carbonyl (C=O) groups is 5. The van der Waals surface area contributed by atoms with Crippen LogP contribution in [0.4, 0.5) is 0 Å². The zero-order valence-corrected chi connectivity index (χ0v) is 18.9. The molecule has 180 valence electrons. The first kappa shape index (κ1) is 24.7. The first-order valence-electron chi connectivity index (χ1n) is 11.0. The number of likely N-dealkylation sites (tertiary alicyclic amines) is 1. The van der Waals surface area contributed by atoms with Crippen molar-refractivity contribution in [2.75, 3.05) is 6.54 Å². The fourth-order valence-electron chi connectivity index (χ4n) is 3.88. The summed E-state index contributed by atoms with van der Waals surface area (Å²) in [5.74, 6) is -3.11. The summed E-state index contributed by atoms with van der Waals surface area (Å²) in [6, 6.07) is 4.13. The topological polar surface area (TPSA) is 159 Å². The van der Waals surface area contributed by atoms with Crippen LogP contribution in [0.15, 0.2) is 30.5 Å². The summed E-state index contributed by atoms with van der Waals surface area (Å²) in [7, 11) is 0. The van der Waals surface area contributed by atoms with Crippen molar-refractivity contribution in [3.05, 3.63) is 36.2 Å². The molecule has 0 saturated carbocycles. The lowest BCUT2D eigenvalue weighted by Crippen LogP contribution is -2.56. The Labute approximate surface area is 195 Å². The van der Waals surface area contributed by atoms with Crippen molar-refractivity contribution in [1.29, 1.82) is 0 Å². The summed E-state index contributed by atoms with van der Waals surface area (Å²) >= 11 is 0. The van der Waals surface area contributed by atoms with E-state index in [1.807, 2.05) is 6.07 Å². The Balaban J connectivity index is 1.73. The van der Waals surface area contributed by atoms with Gasteiger partial charge in [0.2, 0.25) is 11.8 Å². The quantitative estimate of drug-likeness (QED) is 0.449. The summed E-state index contributed by atoms with van der Waals surface area (Å²) in [6.07, 6.45) is 2.07. The van der Waals surface area contributed by atoms with Crippen LogP contribution in [0, 0.1) is 5.92 Å². The molecule has 3 atom stereocenters. The number of fused-ring (bicyclic) bond motifs is 1. The Bertz CT molecular complexity index is 1100. The van der Waals surface area contributed by atoms with Crippen molar-refractivity contribution in [3.63, 3.8) is 0 Å². The van der Waals surface area contributed by atoms with E-state index < -0.39 is 48.2 Å². The number of carbonyl (C=O) groups excluding carboxylic acids is 4. The van der Waals surface area contributed by atoms with E-state index in [4.69, 9.17) is 5.11 Å². The highest BCUT2D eigenvalue weighted by Gasteiger charge is 2.39. The molecule has 1 aliphatic heterocycles. The number of nitrogens with zero attached hydrogens (tertiary/aromatic N) is 3. The van der Waals surface area contributed by atoms with Crippen LogP contribution in [0.2, 0.25) is 0 Å². The first-order chi connectivity index (χ1) is 16.2. The lowest BCUT2D eigenvalue weighted by molar-refractivity contribution is -0.142. The van der Waals surface area contributed by atoms with Gasteiger partial charge in [-0.15, -0.1) is 0 Å². The lowest BCUT2D eigenvalue weighted by Gasteiger charge is -2.30. The molecule has 11 nitrogen and oxygen atoms in total. The minimum atomic E-state index is -1.23. The molecular formula is C23H27N5O6. The number of rotatable bonds is 9. The van der Waals surface area contributed by atoms with Gasteiger partial charge in [0.15, 0.2) is 0 Å². The van der Waals surface area contributed by atoms with Gasteiger partial charge in [0.1, 0.15) is 24.1 Å². The third-order valence-electron chi connectivity index (χ3n) is 5.63. The van der Waals surface area contributed by atoms with E-state index in [-0.39, 0.29) is 11.6 Å². The smallest absolute Gasteiger partial charge is 0.305 e. The Morgan fingerprint density at radius 2 is 1.88 bits per heavy atom. The van der Waals surface area contributed by atoms with E-state index in [1.54, 1.807) is 32.0 Å². The molecule has 1 aliphatic rings. The second-order valence-electron chi connectivity index (χ2n) is 8.48. The molecule has 1 aromatic carbocycles. The molecule has 2 aromatic rings. The molecule has 0 bridgehead atoms. The van der Waals surface area contributed by atoms with Crippen LogP contribution < -0.4 is 10.6 Å². The van der Waals surface area contributed by atoms with E-state index in [0.29, 0.717) is 36.7 Å². The Hall–Kier alpha value is -3.89. The molecule has 1 saturated heterocycles. The summed E-state index contributed by atoms with van der Waals surface area (Å²) < 4.78 is 0. The number of hydrogen-bond acceptors (Lipinski definition) is 7. The molecule has 3 amide bonds. The van der Waals surface area contributed by atoms with E-state index in [9.17, 15) is 24.0 Å². The van der Waals surface area contributed by atoms with Gasteiger partial charge in [-0.2, -0.15) is 0 Å². The molecule has 0 unspecified atom stereocenters. The fraction of sp³-hybridized carbons (Fsp3) is 0.435. The Morgan fingerprint density at radius 1 is 1.18 bits per heavy atom. The molecule has 1 aromatic heterocycles. The number of amides is 3. The lowest BCUT2D eigenvalue weighted by atomic mass is 10.0. The third kappa shape index (κ3) is 5.72. The van der Waals surface area contributed by atoms with Gasteiger partial charge in [-0.1, -0.05) is 26.0 Å². The SMILES string of the molecule is CC(C)[C@H](NC(=O)c1cnc2ccccc2n1)C(=O)N1CCC[C@H]1C(=O)N[C@H](C=O)CC(=O)O. The van der Waals surface area contributed by atoms with Crippen LogP contribution >= 0.6 is 0 Å².